The highest BCUT2D eigenvalue weighted by atomic mass is 16.5. The van der Waals surface area contributed by atoms with Crippen molar-refractivity contribution in [3.05, 3.63) is 41.8 Å². The maximum atomic E-state index is 13.2. The Morgan fingerprint density at radius 2 is 2.12 bits per heavy atom. The van der Waals surface area contributed by atoms with E-state index in [-0.39, 0.29) is 11.8 Å². The Labute approximate surface area is 153 Å². The van der Waals surface area contributed by atoms with E-state index in [9.17, 15) is 4.79 Å². The number of aromatic nitrogens is 3. The van der Waals surface area contributed by atoms with Gasteiger partial charge in [-0.3, -0.25) is 14.7 Å². The minimum Gasteiger partial charge on any atom is -0.379 e. The number of pyridine rings is 1. The van der Waals surface area contributed by atoms with Crippen LogP contribution in [-0.2, 0) is 16.1 Å². The van der Waals surface area contributed by atoms with Crippen molar-refractivity contribution in [1.29, 1.82) is 0 Å². The molecule has 1 amide bonds. The summed E-state index contributed by atoms with van der Waals surface area (Å²) in [6.07, 6.45) is 3.46. The molecule has 0 saturated carbocycles. The SMILES string of the molecule is CC(C)c1nc(CN(C)C(=O)C(c2cccnc2)N2CCOCC2)no1. The van der Waals surface area contributed by atoms with Gasteiger partial charge in [-0.05, 0) is 11.6 Å². The predicted molar refractivity (Wildman–Crippen MR) is 94.2 cm³/mol. The Kier molecular flexibility index (Phi) is 5.95. The van der Waals surface area contributed by atoms with Crippen molar-refractivity contribution in [1.82, 2.24) is 24.9 Å². The lowest BCUT2D eigenvalue weighted by Crippen LogP contribution is -2.46. The summed E-state index contributed by atoms with van der Waals surface area (Å²) in [6.45, 7) is 6.94. The number of likely N-dealkylation sites (N-methyl/N-ethyl adjacent to an activating group) is 1. The third-order valence-electron chi connectivity index (χ3n) is 4.38. The molecular weight excluding hydrogens is 334 g/mol. The fourth-order valence-electron chi connectivity index (χ4n) is 2.95. The van der Waals surface area contributed by atoms with Gasteiger partial charge in [0.15, 0.2) is 5.82 Å². The molecule has 1 unspecified atom stereocenters. The molecule has 3 rings (SSSR count). The zero-order valence-corrected chi connectivity index (χ0v) is 15.5. The smallest absolute Gasteiger partial charge is 0.244 e. The topological polar surface area (TPSA) is 84.6 Å². The molecule has 8 heteroatoms. The molecule has 0 bridgehead atoms. The molecule has 2 aromatic rings. The summed E-state index contributed by atoms with van der Waals surface area (Å²) in [5.41, 5.74) is 0.877. The Bertz CT molecular complexity index is 713. The number of amides is 1. The molecule has 0 aromatic carbocycles. The summed E-state index contributed by atoms with van der Waals surface area (Å²) in [5, 5.41) is 3.98. The molecule has 2 aromatic heterocycles. The van der Waals surface area contributed by atoms with Crippen molar-refractivity contribution >= 4 is 5.91 Å². The number of nitrogens with zero attached hydrogens (tertiary/aromatic N) is 5. The third-order valence-corrected chi connectivity index (χ3v) is 4.38. The van der Waals surface area contributed by atoms with E-state index < -0.39 is 6.04 Å². The molecule has 0 spiro atoms. The van der Waals surface area contributed by atoms with Crippen LogP contribution in [0.25, 0.3) is 0 Å². The second kappa shape index (κ2) is 8.37. The highest BCUT2D eigenvalue weighted by molar-refractivity contribution is 5.83. The van der Waals surface area contributed by atoms with Crippen LogP contribution >= 0.6 is 0 Å². The zero-order valence-electron chi connectivity index (χ0n) is 15.5. The molecule has 1 aliphatic heterocycles. The number of hydrogen-bond donors (Lipinski definition) is 0. The second-order valence-electron chi connectivity index (χ2n) is 6.74. The van der Waals surface area contributed by atoms with Gasteiger partial charge in [0.05, 0.1) is 19.8 Å². The van der Waals surface area contributed by atoms with Gasteiger partial charge >= 0.3 is 0 Å². The first-order valence-electron chi connectivity index (χ1n) is 8.85. The van der Waals surface area contributed by atoms with Gasteiger partial charge in [0, 0.05) is 38.4 Å². The van der Waals surface area contributed by atoms with Crippen molar-refractivity contribution in [3.8, 4) is 0 Å². The number of ether oxygens (including phenoxy) is 1. The van der Waals surface area contributed by atoms with Crippen molar-refractivity contribution in [3.63, 3.8) is 0 Å². The maximum absolute atomic E-state index is 13.2. The van der Waals surface area contributed by atoms with E-state index in [2.05, 4.69) is 20.0 Å². The van der Waals surface area contributed by atoms with Crippen molar-refractivity contribution in [2.45, 2.75) is 32.4 Å². The predicted octanol–water partition coefficient (Wildman–Crippen LogP) is 1.62. The summed E-state index contributed by atoms with van der Waals surface area (Å²) >= 11 is 0. The summed E-state index contributed by atoms with van der Waals surface area (Å²) < 4.78 is 10.7. The minimum absolute atomic E-state index is 0.0178. The lowest BCUT2D eigenvalue weighted by atomic mass is 10.1. The van der Waals surface area contributed by atoms with Crippen LogP contribution in [0.2, 0.25) is 0 Å². The number of carbonyl (C=O) groups is 1. The van der Waals surface area contributed by atoms with E-state index >= 15 is 0 Å². The molecule has 0 radical (unpaired) electrons. The van der Waals surface area contributed by atoms with Gasteiger partial charge < -0.3 is 14.2 Å². The van der Waals surface area contributed by atoms with Crippen LogP contribution in [0.1, 0.15) is 43.1 Å². The largest absolute Gasteiger partial charge is 0.379 e. The molecule has 8 nitrogen and oxygen atoms in total. The standard InChI is InChI=1S/C18H25N5O3/c1-13(2)17-20-15(21-26-17)12-22(3)18(24)16(14-5-4-6-19-11-14)23-7-9-25-10-8-23/h4-6,11,13,16H,7-10,12H2,1-3H3. The van der Waals surface area contributed by atoms with Crippen molar-refractivity contribution in [2.24, 2.45) is 0 Å². The summed E-state index contributed by atoms with van der Waals surface area (Å²) in [4.78, 5) is 25.5. The van der Waals surface area contributed by atoms with E-state index in [1.807, 2.05) is 26.0 Å². The van der Waals surface area contributed by atoms with Crippen LogP contribution in [0.5, 0.6) is 0 Å². The van der Waals surface area contributed by atoms with E-state index in [4.69, 9.17) is 9.26 Å². The van der Waals surface area contributed by atoms with Crippen LogP contribution in [0.4, 0.5) is 0 Å². The van der Waals surface area contributed by atoms with Crippen LogP contribution in [0.3, 0.4) is 0 Å². The molecule has 1 fully saturated rings. The summed E-state index contributed by atoms with van der Waals surface area (Å²) in [5.74, 6) is 1.24. The molecule has 140 valence electrons. The fraction of sp³-hybridized carbons (Fsp3) is 0.556. The Morgan fingerprint density at radius 3 is 2.73 bits per heavy atom. The lowest BCUT2D eigenvalue weighted by molar-refractivity contribution is -0.138. The van der Waals surface area contributed by atoms with Crippen molar-refractivity contribution in [2.75, 3.05) is 33.4 Å². The van der Waals surface area contributed by atoms with Crippen LogP contribution in [0, 0.1) is 0 Å². The number of carbonyl (C=O) groups excluding carboxylic acids is 1. The summed E-state index contributed by atoms with van der Waals surface area (Å²) in [6, 6.07) is 3.39. The molecule has 1 aliphatic rings. The van der Waals surface area contributed by atoms with Crippen LogP contribution < -0.4 is 0 Å². The minimum atomic E-state index is -0.394. The zero-order chi connectivity index (χ0) is 18.5. The average molecular weight is 359 g/mol. The lowest BCUT2D eigenvalue weighted by Gasteiger charge is -2.35. The Balaban J connectivity index is 1.77. The van der Waals surface area contributed by atoms with Gasteiger partial charge in [0.25, 0.3) is 0 Å². The molecule has 3 heterocycles. The van der Waals surface area contributed by atoms with Gasteiger partial charge in [-0.15, -0.1) is 0 Å². The number of hydrogen-bond acceptors (Lipinski definition) is 7. The molecule has 26 heavy (non-hydrogen) atoms. The van der Waals surface area contributed by atoms with E-state index in [0.717, 1.165) is 5.56 Å². The second-order valence-corrected chi connectivity index (χ2v) is 6.74. The Morgan fingerprint density at radius 1 is 1.35 bits per heavy atom. The van der Waals surface area contributed by atoms with Crippen LogP contribution in [0.15, 0.2) is 29.0 Å². The molecule has 0 aliphatic carbocycles. The molecule has 1 saturated heterocycles. The van der Waals surface area contributed by atoms with E-state index in [1.54, 1.807) is 24.3 Å². The van der Waals surface area contributed by atoms with E-state index in [1.165, 1.54) is 0 Å². The first-order valence-corrected chi connectivity index (χ1v) is 8.85. The van der Waals surface area contributed by atoms with Crippen molar-refractivity contribution < 1.29 is 14.1 Å². The van der Waals surface area contributed by atoms with E-state index in [0.29, 0.717) is 44.6 Å². The maximum Gasteiger partial charge on any atom is 0.244 e. The molecular formula is C18H25N5O3. The van der Waals surface area contributed by atoms with Crippen LogP contribution in [-0.4, -0.2) is 64.2 Å². The van der Waals surface area contributed by atoms with Gasteiger partial charge in [0.2, 0.25) is 11.8 Å². The van der Waals surface area contributed by atoms with Gasteiger partial charge in [0.1, 0.15) is 6.04 Å². The fourth-order valence-corrected chi connectivity index (χ4v) is 2.95. The van der Waals surface area contributed by atoms with Gasteiger partial charge in [-0.25, -0.2) is 0 Å². The third kappa shape index (κ3) is 4.25. The highest BCUT2D eigenvalue weighted by Gasteiger charge is 2.31. The van der Waals surface area contributed by atoms with Gasteiger partial charge in [-0.2, -0.15) is 4.98 Å². The average Bonchev–Trinajstić information content (AvgIpc) is 3.12. The first-order chi connectivity index (χ1) is 12.6. The summed E-state index contributed by atoms with van der Waals surface area (Å²) in [7, 11) is 1.76. The highest BCUT2D eigenvalue weighted by Crippen LogP contribution is 2.24. The first kappa shape index (κ1) is 18.5. The molecule has 0 N–H and O–H groups in total. The number of morpholine rings is 1. The normalized spacial score (nSPS) is 16.6. The molecule has 1 atom stereocenters. The Hall–Kier alpha value is -2.32. The quantitative estimate of drug-likeness (QED) is 0.775. The monoisotopic (exact) mass is 359 g/mol. The number of rotatable bonds is 6. The van der Waals surface area contributed by atoms with Gasteiger partial charge in [-0.1, -0.05) is 25.1 Å².